The second-order valence-electron chi connectivity index (χ2n) is 11.6. The minimum atomic E-state index is -0.817. The summed E-state index contributed by atoms with van der Waals surface area (Å²) in [6.45, 7) is 12.9. The first-order valence-corrected chi connectivity index (χ1v) is 13.7. The summed E-state index contributed by atoms with van der Waals surface area (Å²) < 4.78 is 16.7. The summed E-state index contributed by atoms with van der Waals surface area (Å²) in [6, 6.07) is 17.3. The van der Waals surface area contributed by atoms with Crippen LogP contribution in [0, 0.1) is 0 Å². The SMILES string of the molecule is CC(C)(C)OC(=O)NCCC(O)c1cccc(N(CCCCCOCc2ccccc2)C(=O)OC(C)(C)C)c1. The van der Waals surface area contributed by atoms with Gasteiger partial charge in [0.05, 0.1) is 12.7 Å². The van der Waals surface area contributed by atoms with Gasteiger partial charge in [-0.2, -0.15) is 0 Å². The Morgan fingerprint density at radius 2 is 1.59 bits per heavy atom. The molecule has 0 aromatic heterocycles. The van der Waals surface area contributed by atoms with E-state index in [2.05, 4.69) is 5.32 Å². The zero-order chi connectivity index (χ0) is 28.9. The van der Waals surface area contributed by atoms with E-state index >= 15 is 0 Å². The fraction of sp³-hybridized carbons (Fsp3) is 0.548. The molecule has 0 saturated heterocycles. The Hall–Kier alpha value is -3.10. The monoisotopic (exact) mass is 542 g/mol. The van der Waals surface area contributed by atoms with Gasteiger partial charge < -0.3 is 24.6 Å². The molecule has 0 bridgehead atoms. The molecule has 0 spiro atoms. The van der Waals surface area contributed by atoms with Gasteiger partial charge in [-0.1, -0.05) is 42.5 Å². The van der Waals surface area contributed by atoms with Crippen LogP contribution in [0.3, 0.4) is 0 Å². The van der Waals surface area contributed by atoms with E-state index in [9.17, 15) is 14.7 Å². The fourth-order valence-electron chi connectivity index (χ4n) is 3.75. The molecule has 1 atom stereocenters. The Morgan fingerprint density at radius 3 is 2.26 bits per heavy atom. The van der Waals surface area contributed by atoms with Crippen LogP contribution < -0.4 is 10.2 Å². The number of aliphatic hydroxyl groups is 1. The molecule has 8 heteroatoms. The van der Waals surface area contributed by atoms with Gasteiger partial charge in [-0.3, -0.25) is 4.90 Å². The number of carbonyl (C=O) groups is 2. The average molecular weight is 543 g/mol. The predicted octanol–water partition coefficient (Wildman–Crippen LogP) is 6.76. The number of aliphatic hydroxyl groups excluding tert-OH is 1. The third-order valence-electron chi connectivity index (χ3n) is 5.55. The number of hydrogen-bond donors (Lipinski definition) is 2. The molecule has 0 saturated carbocycles. The van der Waals surface area contributed by atoms with Crippen molar-refractivity contribution in [3.63, 3.8) is 0 Å². The summed E-state index contributed by atoms with van der Waals surface area (Å²) in [5, 5.41) is 13.4. The van der Waals surface area contributed by atoms with Crippen molar-refractivity contribution in [3.05, 3.63) is 65.7 Å². The minimum Gasteiger partial charge on any atom is -0.444 e. The fourth-order valence-corrected chi connectivity index (χ4v) is 3.75. The maximum atomic E-state index is 13.1. The Labute approximate surface area is 233 Å². The molecule has 8 nitrogen and oxygen atoms in total. The Balaban J connectivity index is 1.92. The number of carbonyl (C=O) groups excluding carboxylic acids is 2. The van der Waals surface area contributed by atoms with Crippen LogP contribution in [0.1, 0.15) is 84.5 Å². The summed E-state index contributed by atoms with van der Waals surface area (Å²) in [4.78, 5) is 26.6. The lowest BCUT2D eigenvalue weighted by molar-refractivity contribution is 0.0515. The van der Waals surface area contributed by atoms with Crippen molar-refractivity contribution in [1.29, 1.82) is 0 Å². The molecular formula is C31H46N2O6. The van der Waals surface area contributed by atoms with Crippen molar-refractivity contribution >= 4 is 17.9 Å². The van der Waals surface area contributed by atoms with Crippen LogP contribution in [-0.4, -0.2) is 48.2 Å². The first-order valence-electron chi connectivity index (χ1n) is 13.7. The van der Waals surface area contributed by atoms with E-state index in [0.717, 1.165) is 24.8 Å². The quantitative estimate of drug-likeness (QED) is 0.271. The van der Waals surface area contributed by atoms with Gasteiger partial charge in [-0.15, -0.1) is 0 Å². The van der Waals surface area contributed by atoms with Gasteiger partial charge in [-0.05, 0) is 90.5 Å². The number of unbranched alkanes of at least 4 members (excludes halogenated alkanes) is 2. The highest BCUT2D eigenvalue weighted by molar-refractivity contribution is 5.88. The van der Waals surface area contributed by atoms with Crippen molar-refractivity contribution in [2.75, 3.05) is 24.6 Å². The number of benzene rings is 2. The van der Waals surface area contributed by atoms with E-state index in [4.69, 9.17) is 14.2 Å². The molecule has 2 aromatic rings. The number of hydrogen-bond acceptors (Lipinski definition) is 6. The molecule has 0 radical (unpaired) electrons. The Kier molecular flexibility index (Phi) is 12.7. The lowest BCUT2D eigenvalue weighted by Gasteiger charge is -2.28. The first kappa shape index (κ1) is 32.1. The molecule has 216 valence electrons. The van der Waals surface area contributed by atoms with Crippen LogP contribution >= 0.6 is 0 Å². The van der Waals surface area contributed by atoms with Crippen molar-refractivity contribution in [2.24, 2.45) is 0 Å². The van der Waals surface area contributed by atoms with E-state index < -0.39 is 29.5 Å². The number of ether oxygens (including phenoxy) is 3. The highest BCUT2D eigenvalue weighted by Crippen LogP contribution is 2.25. The lowest BCUT2D eigenvalue weighted by atomic mass is 10.1. The minimum absolute atomic E-state index is 0.252. The smallest absolute Gasteiger partial charge is 0.414 e. The Morgan fingerprint density at radius 1 is 0.897 bits per heavy atom. The maximum Gasteiger partial charge on any atom is 0.414 e. The topological polar surface area (TPSA) is 97.3 Å². The van der Waals surface area contributed by atoms with Crippen LogP contribution in [-0.2, 0) is 20.8 Å². The van der Waals surface area contributed by atoms with Gasteiger partial charge in [-0.25, -0.2) is 9.59 Å². The van der Waals surface area contributed by atoms with Crippen LogP contribution in [0.2, 0.25) is 0 Å². The largest absolute Gasteiger partial charge is 0.444 e. The third kappa shape index (κ3) is 13.5. The number of alkyl carbamates (subject to hydrolysis) is 1. The standard InChI is InChI=1S/C31H46N2O6/c1-30(2,3)38-28(35)32-19-18-27(34)25-16-13-17-26(22-25)33(29(36)39-31(4,5)6)20-11-8-12-21-37-23-24-14-9-7-10-15-24/h7,9-10,13-17,22,27,34H,8,11-12,18-21,23H2,1-6H3,(H,32,35). The van der Waals surface area contributed by atoms with E-state index in [-0.39, 0.29) is 6.54 Å². The van der Waals surface area contributed by atoms with Gasteiger partial charge in [0.1, 0.15) is 11.2 Å². The Bertz CT molecular complexity index is 1010. The first-order chi connectivity index (χ1) is 18.3. The number of rotatable bonds is 13. The van der Waals surface area contributed by atoms with E-state index in [1.54, 1.807) is 37.8 Å². The van der Waals surface area contributed by atoms with Gasteiger partial charge in [0.2, 0.25) is 0 Å². The molecule has 1 unspecified atom stereocenters. The highest BCUT2D eigenvalue weighted by Gasteiger charge is 2.24. The van der Waals surface area contributed by atoms with E-state index in [1.165, 1.54) is 0 Å². The van der Waals surface area contributed by atoms with Crippen molar-refractivity contribution in [1.82, 2.24) is 5.32 Å². The summed E-state index contributed by atoms with van der Waals surface area (Å²) >= 11 is 0. The maximum absolute atomic E-state index is 13.1. The number of anilines is 1. The molecule has 2 aromatic carbocycles. The molecular weight excluding hydrogens is 496 g/mol. The summed E-state index contributed by atoms with van der Waals surface area (Å²) in [5.41, 5.74) is 1.24. The molecule has 0 aliphatic carbocycles. The molecule has 0 aliphatic heterocycles. The second-order valence-corrected chi connectivity index (χ2v) is 11.6. The molecule has 2 rings (SSSR count). The number of amides is 2. The highest BCUT2D eigenvalue weighted by atomic mass is 16.6. The zero-order valence-electron chi connectivity index (χ0n) is 24.4. The second kappa shape index (κ2) is 15.5. The number of nitrogens with one attached hydrogen (secondary N) is 1. The van der Waals surface area contributed by atoms with Crippen LogP contribution in [0.25, 0.3) is 0 Å². The van der Waals surface area contributed by atoms with Crippen LogP contribution in [0.4, 0.5) is 15.3 Å². The predicted molar refractivity (Wildman–Crippen MR) is 154 cm³/mol. The normalized spacial score (nSPS) is 12.5. The molecule has 0 aliphatic rings. The molecule has 0 heterocycles. The van der Waals surface area contributed by atoms with Crippen LogP contribution in [0.15, 0.2) is 54.6 Å². The summed E-state index contributed by atoms with van der Waals surface area (Å²) in [7, 11) is 0. The average Bonchev–Trinajstić information content (AvgIpc) is 2.84. The molecule has 2 amide bonds. The van der Waals surface area contributed by atoms with Gasteiger partial charge in [0.15, 0.2) is 0 Å². The van der Waals surface area contributed by atoms with Crippen molar-refractivity contribution in [3.8, 4) is 0 Å². The van der Waals surface area contributed by atoms with Gasteiger partial charge in [0, 0.05) is 25.4 Å². The third-order valence-corrected chi connectivity index (χ3v) is 5.55. The summed E-state index contributed by atoms with van der Waals surface area (Å²) in [6.07, 6.45) is 1.09. The summed E-state index contributed by atoms with van der Waals surface area (Å²) in [5.74, 6) is 0. The molecule has 39 heavy (non-hydrogen) atoms. The van der Waals surface area contributed by atoms with E-state index in [0.29, 0.717) is 37.4 Å². The number of nitrogens with zero attached hydrogens (tertiary/aromatic N) is 1. The molecule has 2 N–H and O–H groups in total. The van der Waals surface area contributed by atoms with Gasteiger partial charge >= 0.3 is 12.2 Å². The van der Waals surface area contributed by atoms with Crippen LogP contribution in [0.5, 0.6) is 0 Å². The zero-order valence-corrected chi connectivity index (χ0v) is 24.4. The van der Waals surface area contributed by atoms with Crippen molar-refractivity contribution < 1.29 is 28.9 Å². The lowest BCUT2D eigenvalue weighted by Crippen LogP contribution is -2.37. The van der Waals surface area contributed by atoms with Gasteiger partial charge in [0.25, 0.3) is 0 Å². The van der Waals surface area contributed by atoms with Crippen molar-refractivity contribution in [2.45, 2.75) is 91.1 Å². The molecule has 0 fully saturated rings. The van der Waals surface area contributed by atoms with E-state index in [1.807, 2.05) is 63.2 Å².